The quantitative estimate of drug-likeness (QED) is 0.777. The van der Waals surface area contributed by atoms with E-state index in [2.05, 4.69) is 0 Å². The summed E-state index contributed by atoms with van der Waals surface area (Å²) in [7, 11) is 1.73. The smallest absolute Gasteiger partial charge is 0.253 e. The van der Waals surface area contributed by atoms with E-state index in [0.717, 1.165) is 5.56 Å². The average molecular weight is 236 g/mol. The molecule has 1 unspecified atom stereocenters. The Labute approximate surface area is 102 Å². The second kappa shape index (κ2) is 5.68. The van der Waals surface area contributed by atoms with Gasteiger partial charge < -0.3 is 15.7 Å². The van der Waals surface area contributed by atoms with Crippen LogP contribution in [0.25, 0.3) is 0 Å². The number of aliphatic hydroxyl groups is 1. The lowest BCUT2D eigenvalue weighted by Gasteiger charge is -2.18. The van der Waals surface area contributed by atoms with Crippen molar-refractivity contribution in [1.29, 1.82) is 0 Å². The Hall–Kier alpha value is -1.55. The van der Waals surface area contributed by atoms with E-state index in [-0.39, 0.29) is 5.91 Å². The molecule has 0 bridgehead atoms. The van der Waals surface area contributed by atoms with Crippen molar-refractivity contribution in [3.63, 3.8) is 0 Å². The van der Waals surface area contributed by atoms with E-state index in [4.69, 9.17) is 5.73 Å². The molecule has 0 radical (unpaired) electrons. The Kier molecular flexibility index (Phi) is 4.52. The number of nitrogens with two attached hydrogens (primary N) is 1. The van der Waals surface area contributed by atoms with Crippen molar-refractivity contribution < 1.29 is 9.90 Å². The molecule has 1 amide bonds. The number of nitrogens with zero attached hydrogens (tertiary/aromatic N) is 1. The first-order chi connectivity index (χ1) is 7.90. The van der Waals surface area contributed by atoms with Crippen LogP contribution in [0.3, 0.4) is 0 Å². The largest absolute Gasteiger partial charge is 0.399 e. The number of carbonyl (C=O) groups is 1. The molecule has 17 heavy (non-hydrogen) atoms. The van der Waals surface area contributed by atoms with Crippen molar-refractivity contribution in [3.8, 4) is 0 Å². The number of hydrogen-bond donors (Lipinski definition) is 2. The molecule has 3 N–H and O–H groups in total. The second-order valence-electron chi connectivity index (χ2n) is 4.50. The van der Waals surface area contributed by atoms with Crippen LogP contribution in [0.4, 0.5) is 5.69 Å². The zero-order valence-electron chi connectivity index (χ0n) is 10.6. The maximum absolute atomic E-state index is 12.1. The van der Waals surface area contributed by atoms with Crippen LogP contribution in [0, 0.1) is 6.92 Å². The van der Waals surface area contributed by atoms with Gasteiger partial charge in [-0.15, -0.1) is 0 Å². The molecule has 1 rings (SSSR count). The molecule has 4 heteroatoms. The summed E-state index contributed by atoms with van der Waals surface area (Å²) in [4.78, 5) is 13.6. The van der Waals surface area contributed by atoms with Gasteiger partial charge in [0.2, 0.25) is 0 Å². The highest BCUT2D eigenvalue weighted by Crippen LogP contribution is 2.13. The van der Waals surface area contributed by atoms with Crippen molar-refractivity contribution in [2.45, 2.75) is 26.4 Å². The molecule has 0 aliphatic carbocycles. The average Bonchev–Trinajstić information content (AvgIpc) is 2.23. The van der Waals surface area contributed by atoms with Gasteiger partial charge in [-0.25, -0.2) is 0 Å². The standard InChI is InChI=1S/C13H20N2O2/c1-9-6-11(8-12(14)7-9)13(17)15(3)5-4-10(2)16/h6-8,10,16H,4-5,14H2,1-3H3. The van der Waals surface area contributed by atoms with Crippen LogP contribution in [0.1, 0.15) is 29.3 Å². The van der Waals surface area contributed by atoms with Gasteiger partial charge in [-0.05, 0) is 44.0 Å². The van der Waals surface area contributed by atoms with Crippen molar-refractivity contribution in [1.82, 2.24) is 4.90 Å². The second-order valence-corrected chi connectivity index (χ2v) is 4.50. The monoisotopic (exact) mass is 236 g/mol. The summed E-state index contributed by atoms with van der Waals surface area (Å²) < 4.78 is 0. The minimum absolute atomic E-state index is 0.0685. The van der Waals surface area contributed by atoms with Gasteiger partial charge in [0.25, 0.3) is 5.91 Å². The van der Waals surface area contributed by atoms with Gasteiger partial charge >= 0.3 is 0 Å². The number of carbonyl (C=O) groups excluding carboxylic acids is 1. The van der Waals surface area contributed by atoms with E-state index in [1.807, 2.05) is 19.1 Å². The normalized spacial score (nSPS) is 12.2. The van der Waals surface area contributed by atoms with Crippen molar-refractivity contribution >= 4 is 11.6 Å². The number of nitrogen functional groups attached to an aromatic ring is 1. The number of amides is 1. The molecule has 4 nitrogen and oxygen atoms in total. The van der Waals surface area contributed by atoms with Crippen LogP contribution in [-0.4, -0.2) is 35.6 Å². The van der Waals surface area contributed by atoms with Gasteiger partial charge in [0, 0.05) is 24.8 Å². The van der Waals surface area contributed by atoms with E-state index in [1.54, 1.807) is 24.9 Å². The Balaban J connectivity index is 2.74. The Bertz CT molecular complexity index is 382. The van der Waals surface area contributed by atoms with Gasteiger partial charge in [-0.2, -0.15) is 0 Å². The first kappa shape index (κ1) is 13.5. The molecule has 0 saturated carbocycles. The van der Waals surface area contributed by atoms with Crippen molar-refractivity contribution in [2.24, 2.45) is 0 Å². The highest BCUT2D eigenvalue weighted by molar-refractivity contribution is 5.95. The number of rotatable bonds is 4. The third-order valence-electron chi connectivity index (χ3n) is 2.58. The number of aryl methyl sites for hydroxylation is 1. The van der Waals surface area contributed by atoms with E-state index in [1.165, 1.54) is 0 Å². The number of benzene rings is 1. The minimum Gasteiger partial charge on any atom is -0.399 e. The van der Waals surface area contributed by atoms with E-state index in [0.29, 0.717) is 24.2 Å². The molecule has 1 aromatic rings. The van der Waals surface area contributed by atoms with Crippen LogP contribution < -0.4 is 5.73 Å². The number of aliphatic hydroxyl groups excluding tert-OH is 1. The van der Waals surface area contributed by atoms with E-state index >= 15 is 0 Å². The number of hydrogen-bond acceptors (Lipinski definition) is 3. The highest BCUT2D eigenvalue weighted by atomic mass is 16.3. The topological polar surface area (TPSA) is 66.6 Å². The summed E-state index contributed by atoms with van der Waals surface area (Å²) in [5.74, 6) is -0.0685. The van der Waals surface area contributed by atoms with Crippen molar-refractivity contribution in [3.05, 3.63) is 29.3 Å². The van der Waals surface area contributed by atoms with E-state index < -0.39 is 6.10 Å². The fourth-order valence-corrected chi connectivity index (χ4v) is 1.64. The predicted octanol–water partition coefficient (Wildman–Crippen LogP) is 1.42. The van der Waals surface area contributed by atoms with Gasteiger partial charge in [-0.3, -0.25) is 4.79 Å². The Morgan fingerprint density at radius 2 is 2.12 bits per heavy atom. The summed E-state index contributed by atoms with van der Waals surface area (Å²) in [6.07, 6.45) is 0.177. The predicted molar refractivity (Wildman–Crippen MR) is 68.8 cm³/mol. The minimum atomic E-state index is -0.396. The van der Waals surface area contributed by atoms with Crippen LogP contribution in [-0.2, 0) is 0 Å². The van der Waals surface area contributed by atoms with Gasteiger partial charge in [-0.1, -0.05) is 0 Å². The maximum Gasteiger partial charge on any atom is 0.253 e. The molecule has 1 aromatic carbocycles. The molecule has 0 aliphatic heterocycles. The first-order valence-corrected chi connectivity index (χ1v) is 5.71. The molecule has 1 atom stereocenters. The third-order valence-corrected chi connectivity index (χ3v) is 2.58. The molecule has 0 aliphatic rings. The van der Waals surface area contributed by atoms with Crippen LogP contribution >= 0.6 is 0 Å². The zero-order chi connectivity index (χ0) is 13.0. The molecule has 0 spiro atoms. The molecule has 0 fully saturated rings. The lowest BCUT2D eigenvalue weighted by molar-refractivity contribution is 0.0769. The summed E-state index contributed by atoms with van der Waals surface area (Å²) in [6.45, 7) is 4.15. The lowest BCUT2D eigenvalue weighted by atomic mass is 10.1. The van der Waals surface area contributed by atoms with Gasteiger partial charge in [0.05, 0.1) is 6.10 Å². The SMILES string of the molecule is Cc1cc(N)cc(C(=O)N(C)CCC(C)O)c1. The first-order valence-electron chi connectivity index (χ1n) is 5.71. The van der Waals surface area contributed by atoms with Crippen molar-refractivity contribution in [2.75, 3.05) is 19.3 Å². The highest BCUT2D eigenvalue weighted by Gasteiger charge is 2.12. The summed E-state index contributed by atoms with van der Waals surface area (Å²) in [6, 6.07) is 5.32. The fraction of sp³-hybridized carbons (Fsp3) is 0.462. The Morgan fingerprint density at radius 3 is 2.65 bits per heavy atom. The number of anilines is 1. The summed E-state index contributed by atoms with van der Waals surface area (Å²) >= 11 is 0. The maximum atomic E-state index is 12.1. The van der Waals surface area contributed by atoms with Crippen LogP contribution in [0.15, 0.2) is 18.2 Å². The Morgan fingerprint density at radius 1 is 1.47 bits per heavy atom. The molecule has 0 heterocycles. The zero-order valence-corrected chi connectivity index (χ0v) is 10.6. The summed E-state index contributed by atoms with van der Waals surface area (Å²) in [5, 5.41) is 9.18. The molecule has 0 saturated heterocycles. The molecule has 94 valence electrons. The lowest BCUT2D eigenvalue weighted by Crippen LogP contribution is -2.29. The molecule has 0 aromatic heterocycles. The van der Waals surface area contributed by atoms with Gasteiger partial charge in [0.1, 0.15) is 0 Å². The third kappa shape index (κ3) is 4.07. The summed E-state index contributed by atoms with van der Waals surface area (Å²) in [5.41, 5.74) is 7.87. The van der Waals surface area contributed by atoms with Gasteiger partial charge in [0.15, 0.2) is 0 Å². The van der Waals surface area contributed by atoms with Crippen LogP contribution in [0.5, 0.6) is 0 Å². The van der Waals surface area contributed by atoms with E-state index in [9.17, 15) is 9.90 Å². The molecular weight excluding hydrogens is 216 g/mol. The molecular formula is C13H20N2O2. The fourth-order valence-electron chi connectivity index (χ4n) is 1.64. The van der Waals surface area contributed by atoms with Crippen LogP contribution in [0.2, 0.25) is 0 Å².